The van der Waals surface area contributed by atoms with Gasteiger partial charge >= 0.3 is 0 Å². The molecule has 0 aromatic heterocycles. The fourth-order valence-electron chi connectivity index (χ4n) is 2.83. The maximum atomic E-state index is 12.5. The van der Waals surface area contributed by atoms with Crippen molar-refractivity contribution < 1.29 is 4.79 Å². The van der Waals surface area contributed by atoms with E-state index in [4.69, 9.17) is 0 Å². The summed E-state index contributed by atoms with van der Waals surface area (Å²) in [5.74, 6) is 0.224. The van der Waals surface area contributed by atoms with Crippen LogP contribution in [-0.4, -0.2) is 25.0 Å². The highest BCUT2D eigenvalue weighted by Crippen LogP contribution is 2.48. The van der Waals surface area contributed by atoms with Gasteiger partial charge in [0.25, 0.3) is 0 Å². The molecular formula is C15H21ClN2O. The fraction of sp³-hybridized carbons (Fsp3) is 0.533. The lowest BCUT2D eigenvalue weighted by molar-refractivity contribution is -0.124. The second-order valence-electron chi connectivity index (χ2n) is 5.46. The molecule has 1 unspecified atom stereocenters. The summed E-state index contributed by atoms with van der Waals surface area (Å²) in [5.41, 5.74) is 0.949. The van der Waals surface area contributed by atoms with E-state index in [9.17, 15) is 4.79 Å². The number of halogens is 1. The van der Waals surface area contributed by atoms with Crippen LogP contribution in [0.5, 0.6) is 0 Å². The number of rotatable bonds is 3. The summed E-state index contributed by atoms with van der Waals surface area (Å²) in [6.07, 6.45) is 4.24. The van der Waals surface area contributed by atoms with Gasteiger partial charge in [-0.25, -0.2) is 0 Å². The molecule has 104 valence electrons. The van der Waals surface area contributed by atoms with Crippen LogP contribution in [0.15, 0.2) is 30.3 Å². The van der Waals surface area contributed by atoms with E-state index in [0.29, 0.717) is 6.04 Å². The van der Waals surface area contributed by atoms with Crippen molar-refractivity contribution in [2.75, 3.05) is 13.1 Å². The Balaban J connectivity index is 0.00000133. The van der Waals surface area contributed by atoms with Gasteiger partial charge in [-0.2, -0.15) is 0 Å². The molecule has 3 rings (SSSR count). The number of carbonyl (C=O) groups excluding carboxylic acids is 1. The number of nitrogens with one attached hydrogen (secondary N) is 2. The van der Waals surface area contributed by atoms with Crippen LogP contribution < -0.4 is 10.6 Å². The van der Waals surface area contributed by atoms with Crippen LogP contribution in [0.2, 0.25) is 0 Å². The lowest BCUT2D eigenvalue weighted by atomic mass is 9.94. The van der Waals surface area contributed by atoms with E-state index in [0.717, 1.165) is 38.8 Å². The molecule has 1 heterocycles. The van der Waals surface area contributed by atoms with Crippen LogP contribution in [0.25, 0.3) is 0 Å². The van der Waals surface area contributed by atoms with E-state index in [-0.39, 0.29) is 23.7 Å². The predicted molar refractivity (Wildman–Crippen MR) is 78.6 cm³/mol. The van der Waals surface area contributed by atoms with Gasteiger partial charge in [0.15, 0.2) is 0 Å². The molecule has 1 saturated carbocycles. The van der Waals surface area contributed by atoms with Crippen molar-refractivity contribution in [2.45, 2.75) is 37.1 Å². The molecule has 4 heteroatoms. The standard InChI is InChI=1S/C15H20N2O.ClH/c18-14(17-13-7-4-10-16-11-13)15(8-9-15)12-5-2-1-3-6-12;/h1-3,5-6,13,16H,4,7-11H2,(H,17,18);1H. The highest BCUT2D eigenvalue weighted by atomic mass is 35.5. The second kappa shape index (κ2) is 5.93. The van der Waals surface area contributed by atoms with E-state index in [2.05, 4.69) is 22.8 Å². The minimum absolute atomic E-state index is 0. The minimum atomic E-state index is -0.224. The third-order valence-electron chi connectivity index (χ3n) is 4.14. The monoisotopic (exact) mass is 280 g/mol. The second-order valence-corrected chi connectivity index (χ2v) is 5.46. The summed E-state index contributed by atoms with van der Waals surface area (Å²) in [5, 5.41) is 6.56. The first kappa shape index (κ1) is 14.4. The Labute approximate surface area is 120 Å². The van der Waals surface area contributed by atoms with Crippen molar-refractivity contribution in [1.82, 2.24) is 10.6 Å². The van der Waals surface area contributed by atoms with Crippen molar-refractivity contribution in [1.29, 1.82) is 0 Å². The van der Waals surface area contributed by atoms with Gasteiger partial charge in [0.1, 0.15) is 0 Å². The zero-order valence-electron chi connectivity index (χ0n) is 11.0. The summed E-state index contributed by atoms with van der Waals surface area (Å²) in [7, 11) is 0. The molecule has 1 aliphatic carbocycles. The summed E-state index contributed by atoms with van der Waals surface area (Å²) in [6, 6.07) is 10.5. The van der Waals surface area contributed by atoms with Crippen molar-refractivity contribution in [3.8, 4) is 0 Å². The molecule has 1 atom stereocenters. The number of benzene rings is 1. The number of hydrogen-bond donors (Lipinski definition) is 2. The van der Waals surface area contributed by atoms with E-state index in [1.807, 2.05) is 18.2 Å². The van der Waals surface area contributed by atoms with Crippen LogP contribution in [0, 0.1) is 0 Å². The Hall–Kier alpha value is -1.06. The fourth-order valence-corrected chi connectivity index (χ4v) is 2.83. The van der Waals surface area contributed by atoms with Gasteiger partial charge in [-0.1, -0.05) is 30.3 Å². The van der Waals surface area contributed by atoms with Gasteiger partial charge < -0.3 is 10.6 Å². The summed E-state index contributed by atoms with van der Waals surface area (Å²) >= 11 is 0. The highest BCUT2D eigenvalue weighted by Gasteiger charge is 2.51. The summed E-state index contributed by atoms with van der Waals surface area (Å²) in [4.78, 5) is 12.5. The van der Waals surface area contributed by atoms with E-state index >= 15 is 0 Å². The number of amides is 1. The van der Waals surface area contributed by atoms with Crippen molar-refractivity contribution in [2.24, 2.45) is 0 Å². The van der Waals surface area contributed by atoms with E-state index in [1.54, 1.807) is 0 Å². The minimum Gasteiger partial charge on any atom is -0.351 e. The topological polar surface area (TPSA) is 41.1 Å². The first-order valence-electron chi connectivity index (χ1n) is 6.88. The first-order valence-corrected chi connectivity index (χ1v) is 6.88. The zero-order chi connectivity index (χ0) is 12.4. The molecule has 2 aliphatic rings. The molecule has 1 aliphatic heterocycles. The normalized spacial score (nSPS) is 24.1. The van der Waals surface area contributed by atoms with Gasteiger partial charge in [-0.15, -0.1) is 12.4 Å². The summed E-state index contributed by atoms with van der Waals surface area (Å²) in [6.45, 7) is 1.99. The molecule has 19 heavy (non-hydrogen) atoms. The Morgan fingerprint density at radius 2 is 2.00 bits per heavy atom. The van der Waals surface area contributed by atoms with Crippen LogP contribution >= 0.6 is 12.4 Å². The third kappa shape index (κ3) is 2.93. The molecule has 1 saturated heterocycles. The zero-order valence-corrected chi connectivity index (χ0v) is 11.8. The molecule has 0 bridgehead atoms. The van der Waals surface area contributed by atoms with E-state index < -0.39 is 0 Å². The Bertz CT molecular complexity index is 425. The SMILES string of the molecule is Cl.O=C(NC1CCCNC1)C1(c2ccccc2)CC1. The van der Waals surface area contributed by atoms with Crippen LogP contribution in [0.4, 0.5) is 0 Å². The highest BCUT2D eigenvalue weighted by molar-refractivity contribution is 5.91. The number of piperidine rings is 1. The lowest BCUT2D eigenvalue weighted by Crippen LogP contribution is -2.48. The Kier molecular flexibility index (Phi) is 4.48. The van der Waals surface area contributed by atoms with Crippen molar-refractivity contribution in [3.05, 3.63) is 35.9 Å². The number of carbonyl (C=O) groups is 1. The lowest BCUT2D eigenvalue weighted by Gasteiger charge is -2.26. The maximum Gasteiger partial charge on any atom is 0.230 e. The van der Waals surface area contributed by atoms with Crippen LogP contribution in [0.3, 0.4) is 0 Å². The summed E-state index contributed by atoms with van der Waals surface area (Å²) < 4.78 is 0. The molecule has 1 aromatic rings. The van der Waals surface area contributed by atoms with Crippen LogP contribution in [-0.2, 0) is 10.2 Å². The average Bonchev–Trinajstić information content (AvgIpc) is 3.22. The van der Waals surface area contributed by atoms with Crippen LogP contribution in [0.1, 0.15) is 31.2 Å². The van der Waals surface area contributed by atoms with Crippen molar-refractivity contribution in [3.63, 3.8) is 0 Å². The quantitative estimate of drug-likeness (QED) is 0.889. The molecular weight excluding hydrogens is 260 g/mol. The first-order chi connectivity index (χ1) is 8.81. The molecule has 2 fully saturated rings. The van der Waals surface area contributed by atoms with Gasteiger partial charge in [-0.3, -0.25) is 4.79 Å². The van der Waals surface area contributed by atoms with Gasteiger partial charge in [0, 0.05) is 12.6 Å². The molecule has 1 amide bonds. The molecule has 0 spiro atoms. The Morgan fingerprint density at radius 3 is 2.58 bits per heavy atom. The largest absolute Gasteiger partial charge is 0.351 e. The molecule has 0 radical (unpaired) electrons. The molecule has 3 nitrogen and oxygen atoms in total. The molecule has 2 N–H and O–H groups in total. The third-order valence-corrected chi connectivity index (χ3v) is 4.14. The average molecular weight is 281 g/mol. The maximum absolute atomic E-state index is 12.5. The Morgan fingerprint density at radius 1 is 1.26 bits per heavy atom. The van der Waals surface area contributed by atoms with Gasteiger partial charge in [0.05, 0.1) is 5.41 Å². The van der Waals surface area contributed by atoms with E-state index in [1.165, 1.54) is 5.56 Å². The van der Waals surface area contributed by atoms with Gasteiger partial charge in [0.2, 0.25) is 5.91 Å². The van der Waals surface area contributed by atoms with Crippen molar-refractivity contribution >= 4 is 18.3 Å². The smallest absolute Gasteiger partial charge is 0.230 e. The predicted octanol–water partition coefficient (Wildman–Crippen LogP) is 2.01. The number of hydrogen-bond acceptors (Lipinski definition) is 2. The van der Waals surface area contributed by atoms with Gasteiger partial charge in [-0.05, 0) is 37.8 Å². The molecule has 1 aromatic carbocycles.